The standard InChI is InChI=1S/C28H30Cl2FN3O4S/c1-19(2)16-32-28(36)20(3)33(17-24-25(29)10-7-11-26(24)30)27(35)18-34(22-14-12-21(31)13-15-22)39(37,38)23-8-5-4-6-9-23/h4-15,19-20H,16-18H2,1-3H3,(H,32,36). The Balaban J connectivity index is 2.03. The lowest BCUT2D eigenvalue weighted by molar-refractivity contribution is -0.139. The van der Waals surface area contributed by atoms with Gasteiger partial charge in [0.2, 0.25) is 11.8 Å². The molecule has 0 aliphatic rings. The summed E-state index contributed by atoms with van der Waals surface area (Å²) in [6.07, 6.45) is 0. The number of benzene rings is 3. The Morgan fingerprint density at radius 1 is 0.897 bits per heavy atom. The molecule has 0 bridgehead atoms. The van der Waals surface area contributed by atoms with E-state index in [0.29, 0.717) is 22.2 Å². The second kappa shape index (κ2) is 13.3. The highest BCUT2D eigenvalue weighted by atomic mass is 35.5. The summed E-state index contributed by atoms with van der Waals surface area (Å²) in [7, 11) is -4.24. The van der Waals surface area contributed by atoms with E-state index in [1.165, 1.54) is 29.2 Å². The van der Waals surface area contributed by atoms with Crippen molar-refractivity contribution in [1.82, 2.24) is 10.2 Å². The topological polar surface area (TPSA) is 86.8 Å². The molecule has 1 atom stereocenters. The van der Waals surface area contributed by atoms with Crippen LogP contribution < -0.4 is 9.62 Å². The van der Waals surface area contributed by atoms with Crippen LogP contribution in [0, 0.1) is 11.7 Å². The van der Waals surface area contributed by atoms with Gasteiger partial charge in [0.1, 0.15) is 18.4 Å². The van der Waals surface area contributed by atoms with E-state index < -0.39 is 40.2 Å². The molecule has 208 valence electrons. The first kappa shape index (κ1) is 30.4. The molecule has 0 saturated heterocycles. The normalized spacial score (nSPS) is 12.2. The lowest BCUT2D eigenvalue weighted by atomic mass is 10.1. The smallest absolute Gasteiger partial charge is 0.264 e. The number of hydrogen-bond donors (Lipinski definition) is 1. The molecule has 0 aliphatic heterocycles. The summed E-state index contributed by atoms with van der Waals surface area (Å²) < 4.78 is 41.9. The highest BCUT2D eigenvalue weighted by Crippen LogP contribution is 2.28. The van der Waals surface area contributed by atoms with Crippen molar-refractivity contribution in [2.24, 2.45) is 5.92 Å². The molecule has 0 radical (unpaired) electrons. The van der Waals surface area contributed by atoms with Crippen molar-refractivity contribution in [3.05, 3.63) is 94.2 Å². The minimum Gasteiger partial charge on any atom is -0.354 e. The van der Waals surface area contributed by atoms with E-state index in [2.05, 4.69) is 5.32 Å². The zero-order valence-corrected chi connectivity index (χ0v) is 24.1. The van der Waals surface area contributed by atoms with Gasteiger partial charge in [-0.3, -0.25) is 13.9 Å². The van der Waals surface area contributed by atoms with Gasteiger partial charge in [-0.15, -0.1) is 0 Å². The summed E-state index contributed by atoms with van der Waals surface area (Å²) in [4.78, 5) is 28.1. The molecule has 39 heavy (non-hydrogen) atoms. The molecule has 2 amide bonds. The van der Waals surface area contributed by atoms with Crippen LogP contribution in [-0.2, 0) is 26.2 Å². The fourth-order valence-corrected chi connectivity index (χ4v) is 5.70. The molecule has 0 fully saturated rings. The third-order valence-corrected chi connectivity index (χ3v) is 8.46. The number of halogens is 3. The van der Waals surface area contributed by atoms with Gasteiger partial charge in [-0.1, -0.05) is 61.3 Å². The molecule has 3 rings (SSSR count). The fourth-order valence-electron chi connectivity index (χ4n) is 3.74. The Morgan fingerprint density at radius 3 is 2.05 bits per heavy atom. The van der Waals surface area contributed by atoms with E-state index >= 15 is 0 Å². The Hall–Kier alpha value is -3.14. The molecule has 7 nitrogen and oxygen atoms in total. The summed E-state index contributed by atoms with van der Waals surface area (Å²) in [5.41, 5.74) is 0.498. The van der Waals surface area contributed by atoms with Crippen LogP contribution in [0.1, 0.15) is 26.3 Å². The second-order valence-electron chi connectivity index (χ2n) is 9.34. The number of carbonyl (C=O) groups excluding carboxylic acids is 2. The quantitative estimate of drug-likeness (QED) is 0.317. The Labute approximate surface area is 238 Å². The van der Waals surface area contributed by atoms with E-state index in [4.69, 9.17) is 23.2 Å². The summed E-state index contributed by atoms with van der Waals surface area (Å²) in [5, 5.41) is 3.39. The van der Waals surface area contributed by atoms with Crippen molar-refractivity contribution in [2.75, 3.05) is 17.4 Å². The van der Waals surface area contributed by atoms with Gasteiger partial charge in [-0.2, -0.15) is 0 Å². The van der Waals surface area contributed by atoms with E-state index in [1.807, 2.05) is 13.8 Å². The monoisotopic (exact) mass is 593 g/mol. The van der Waals surface area contributed by atoms with Crippen LogP contribution in [0.15, 0.2) is 77.7 Å². The molecule has 3 aromatic carbocycles. The molecular weight excluding hydrogens is 564 g/mol. The number of carbonyl (C=O) groups is 2. The van der Waals surface area contributed by atoms with Crippen LogP contribution >= 0.6 is 23.2 Å². The van der Waals surface area contributed by atoms with Crippen LogP contribution in [0.3, 0.4) is 0 Å². The maximum Gasteiger partial charge on any atom is 0.264 e. The van der Waals surface area contributed by atoms with Gasteiger partial charge in [0, 0.05) is 28.7 Å². The summed E-state index contributed by atoms with van der Waals surface area (Å²) in [5.74, 6) is -1.48. The molecule has 11 heteroatoms. The molecule has 0 heterocycles. The fraction of sp³-hybridized carbons (Fsp3) is 0.286. The van der Waals surface area contributed by atoms with Crippen molar-refractivity contribution >= 4 is 50.7 Å². The van der Waals surface area contributed by atoms with Crippen molar-refractivity contribution < 1.29 is 22.4 Å². The Morgan fingerprint density at radius 2 is 1.49 bits per heavy atom. The van der Waals surface area contributed by atoms with Gasteiger partial charge >= 0.3 is 0 Å². The molecule has 0 aromatic heterocycles. The SMILES string of the molecule is CC(C)CNC(=O)C(C)N(Cc1c(Cl)cccc1Cl)C(=O)CN(c1ccc(F)cc1)S(=O)(=O)c1ccccc1. The lowest BCUT2D eigenvalue weighted by Gasteiger charge is -2.32. The van der Waals surface area contributed by atoms with Crippen molar-refractivity contribution in [1.29, 1.82) is 0 Å². The summed E-state index contributed by atoms with van der Waals surface area (Å²) >= 11 is 12.7. The van der Waals surface area contributed by atoms with Crippen molar-refractivity contribution in [2.45, 2.75) is 38.3 Å². The van der Waals surface area contributed by atoms with E-state index in [9.17, 15) is 22.4 Å². The minimum absolute atomic E-state index is 0.0504. The number of hydrogen-bond acceptors (Lipinski definition) is 4. The average Bonchev–Trinajstić information content (AvgIpc) is 2.90. The maximum atomic E-state index is 13.9. The van der Waals surface area contributed by atoms with Gasteiger partial charge in [0.15, 0.2) is 0 Å². The molecule has 0 spiro atoms. The first-order valence-electron chi connectivity index (χ1n) is 12.2. The van der Waals surface area contributed by atoms with Crippen LogP contribution in [0.5, 0.6) is 0 Å². The molecule has 1 N–H and O–H groups in total. The number of anilines is 1. The van der Waals surface area contributed by atoms with Crippen LogP contribution in [0.25, 0.3) is 0 Å². The number of nitrogens with one attached hydrogen (secondary N) is 1. The minimum atomic E-state index is -4.24. The zero-order chi connectivity index (χ0) is 28.7. The molecule has 1 unspecified atom stereocenters. The summed E-state index contributed by atoms with van der Waals surface area (Å²) in [6.45, 7) is 5.01. The highest BCUT2D eigenvalue weighted by Gasteiger charge is 2.33. The molecule has 3 aromatic rings. The molecule has 0 aliphatic carbocycles. The third kappa shape index (κ3) is 7.71. The average molecular weight is 595 g/mol. The van der Waals surface area contributed by atoms with Crippen LogP contribution in [0.2, 0.25) is 10.0 Å². The third-order valence-electron chi connectivity index (χ3n) is 5.97. The lowest BCUT2D eigenvalue weighted by Crippen LogP contribution is -2.51. The highest BCUT2D eigenvalue weighted by molar-refractivity contribution is 7.92. The van der Waals surface area contributed by atoms with Crippen LogP contribution in [0.4, 0.5) is 10.1 Å². The number of nitrogens with zero attached hydrogens (tertiary/aromatic N) is 2. The van der Waals surface area contributed by atoms with Gasteiger partial charge in [-0.25, -0.2) is 12.8 Å². The number of sulfonamides is 1. The zero-order valence-electron chi connectivity index (χ0n) is 21.8. The Kier molecular flexibility index (Phi) is 10.4. The molecule has 0 saturated carbocycles. The van der Waals surface area contributed by atoms with E-state index in [-0.39, 0.29) is 23.0 Å². The van der Waals surface area contributed by atoms with Crippen LogP contribution in [-0.4, -0.2) is 44.3 Å². The number of amides is 2. The second-order valence-corrected chi connectivity index (χ2v) is 12.0. The van der Waals surface area contributed by atoms with Gasteiger partial charge < -0.3 is 10.2 Å². The van der Waals surface area contributed by atoms with Gasteiger partial charge in [-0.05, 0) is 61.4 Å². The first-order chi connectivity index (χ1) is 18.4. The van der Waals surface area contributed by atoms with E-state index in [0.717, 1.165) is 16.4 Å². The van der Waals surface area contributed by atoms with E-state index in [1.54, 1.807) is 43.3 Å². The predicted octanol–water partition coefficient (Wildman–Crippen LogP) is 5.52. The largest absolute Gasteiger partial charge is 0.354 e. The predicted molar refractivity (Wildman–Crippen MR) is 152 cm³/mol. The van der Waals surface area contributed by atoms with Crippen molar-refractivity contribution in [3.8, 4) is 0 Å². The first-order valence-corrected chi connectivity index (χ1v) is 14.4. The number of rotatable bonds is 11. The van der Waals surface area contributed by atoms with Gasteiger partial charge in [0.05, 0.1) is 10.6 Å². The molecular formula is C28H30Cl2FN3O4S. The maximum absolute atomic E-state index is 13.9. The van der Waals surface area contributed by atoms with Crippen molar-refractivity contribution in [3.63, 3.8) is 0 Å². The summed E-state index contributed by atoms with van der Waals surface area (Å²) in [6, 6.07) is 16.2. The Bertz CT molecular complexity index is 1380. The van der Waals surface area contributed by atoms with Gasteiger partial charge in [0.25, 0.3) is 10.0 Å².